The molecule has 1 saturated carbocycles. The molecule has 0 aromatic rings. The molecule has 0 aromatic heterocycles. The zero-order chi connectivity index (χ0) is 8.97. The second-order valence-corrected chi connectivity index (χ2v) is 3.44. The fourth-order valence-electron chi connectivity index (χ4n) is 1.73. The lowest BCUT2D eigenvalue weighted by Crippen LogP contribution is -2.16. The summed E-state index contributed by atoms with van der Waals surface area (Å²) in [6, 6.07) is 0. The van der Waals surface area contributed by atoms with E-state index < -0.39 is 0 Å². The maximum absolute atomic E-state index is 5.35. The topological polar surface area (TPSA) is 9.23 Å². The van der Waals surface area contributed by atoms with Crippen molar-refractivity contribution in [2.24, 2.45) is 0 Å². The highest BCUT2D eigenvalue weighted by atomic mass is 16.5. The molecule has 68 valence electrons. The van der Waals surface area contributed by atoms with Gasteiger partial charge in [0.05, 0.1) is 6.10 Å². The summed E-state index contributed by atoms with van der Waals surface area (Å²) in [5.41, 5.74) is 2.87. The van der Waals surface area contributed by atoms with E-state index in [0.29, 0.717) is 6.10 Å². The van der Waals surface area contributed by atoms with Crippen LogP contribution in [0.4, 0.5) is 0 Å². The molecule has 1 fully saturated rings. The first-order chi connectivity index (χ1) is 5.77. The van der Waals surface area contributed by atoms with Gasteiger partial charge in [0.1, 0.15) is 0 Å². The van der Waals surface area contributed by atoms with Crippen molar-refractivity contribution in [3.05, 3.63) is 23.8 Å². The molecule has 0 amide bonds. The average molecular weight is 166 g/mol. The van der Waals surface area contributed by atoms with Crippen molar-refractivity contribution in [1.29, 1.82) is 0 Å². The van der Waals surface area contributed by atoms with Crippen molar-refractivity contribution in [3.63, 3.8) is 0 Å². The van der Waals surface area contributed by atoms with Crippen LogP contribution in [0.15, 0.2) is 23.8 Å². The van der Waals surface area contributed by atoms with Gasteiger partial charge < -0.3 is 4.74 Å². The van der Waals surface area contributed by atoms with Gasteiger partial charge in [0.2, 0.25) is 0 Å². The highest BCUT2D eigenvalue weighted by Crippen LogP contribution is 2.27. The summed E-state index contributed by atoms with van der Waals surface area (Å²) >= 11 is 0. The van der Waals surface area contributed by atoms with Gasteiger partial charge in [0, 0.05) is 7.11 Å². The normalized spacial score (nSPS) is 28.3. The van der Waals surface area contributed by atoms with E-state index in [1.807, 2.05) is 6.08 Å². The Morgan fingerprint density at radius 1 is 1.67 bits per heavy atom. The molecule has 0 radical (unpaired) electrons. The van der Waals surface area contributed by atoms with E-state index in [1.54, 1.807) is 7.11 Å². The van der Waals surface area contributed by atoms with Gasteiger partial charge in [0.15, 0.2) is 0 Å². The highest BCUT2D eigenvalue weighted by Gasteiger charge is 2.16. The molecule has 1 nitrogen and oxygen atoms in total. The highest BCUT2D eigenvalue weighted by molar-refractivity contribution is 5.23. The Kier molecular flexibility index (Phi) is 3.54. The molecule has 0 aromatic carbocycles. The lowest BCUT2D eigenvalue weighted by atomic mass is 9.89. The number of hydrogen-bond donors (Lipinski definition) is 0. The number of hydrogen-bond acceptors (Lipinski definition) is 1. The molecule has 0 aliphatic heterocycles. The van der Waals surface area contributed by atoms with Crippen molar-refractivity contribution in [2.45, 2.75) is 38.7 Å². The molecule has 1 aliphatic carbocycles. The number of rotatable bonds is 2. The maximum atomic E-state index is 5.35. The van der Waals surface area contributed by atoms with Gasteiger partial charge in [-0.3, -0.25) is 0 Å². The summed E-state index contributed by atoms with van der Waals surface area (Å²) in [5, 5.41) is 0. The predicted molar refractivity (Wildman–Crippen MR) is 52.2 cm³/mol. The molecular weight excluding hydrogens is 148 g/mol. The quantitative estimate of drug-likeness (QED) is 0.612. The van der Waals surface area contributed by atoms with Gasteiger partial charge in [-0.1, -0.05) is 23.8 Å². The molecule has 12 heavy (non-hydrogen) atoms. The van der Waals surface area contributed by atoms with Crippen LogP contribution in [0, 0.1) is 0 Å². The zero-order valence-electron chi connectivity index (χ0n) is 8.10. The van der Waals surface area contributed by atoms with E-state index in [-0.39, 0.29) is 0 Å². The van der Waals surface area contributed by atoms with Gasteiger partial charge in [-0.2, -0.15) is 0 Å². The Morgan fingerprint density at radius 3 is 3.00 bits per heavy atom. The van der Waals surface area contributed by atoms with Crippen molar-refractivity contribution in [1.82, 2.24) is 0 Å². The van der Waals surface area contributed by atoms with Crippen molar-refractivity contribution >= 4 is 0 Å². The Hall–Kier alpha value is -0.560. The summed E-state index contributed by atoms with van der Waals surface area (Å²) in [5.74, 6) is 0. The van der Waals surface area contributed by atoms with Crippen LogP contribution in [0.25, 0.3) is 0 Å². The van der Waals surface area contributed by atoms with Crippen molar-refractivity contribution in [3.8, 4) is 0 Å². The second kappa shape index (κ2) is 4.46. The molecule has 1 atom stereocenters. The van der Waals surface area contributed by atoms with Crippen LogP contribution in [0.2, 0.25) is 0 Å². The minimum absolute atomic E-state index is 0.448. The van der Waals surface area contributed by atoms with Crippen LogP contribution >= 0.6 is 0 Å². The monoisotopic (exact) mass is 166 g/mol. The van der Waals surface area contributed by atoms with Gasteiger partial charge in [-0.25, -0.2) is 0 Å². The largest absolute Gasteiger partial charge is 0.381 e. The third-order valence-corrected chi connectivity index (χ3v) is 2.68. The summed E-state index contributed by atoms with van der Waals surface area (Å²) in [6.45, 7) is 5.93. The molecule has 0 bridgehead atoms. The van der Waals surface area contributed by atoms with E-state index in [4.69, 9.17) is 4.74 Å². The molecule has 1 aliphatic rings. The summed E-state index contributed by atoms with van der Waals surface area (Å²) in [4.78, 5) is 0. The molecular formula is C11H18O. The van der Waals surface area contributed by atoms with Crippen LogP contribution < -0.4 is 0 Å². The Labute approximate surface area is 75.1 Å². The van der Waals surface area contributed by atoms with Crippen LogP contribution in [-0.4, -0.2) is 13.2 Å². The molecule has 0 heterocycles. The SMILES string of the molecule is C=C/C(C)=C1/CCCC(OC)C1. The lowest BCUT2D eigenvalue weighted by Gasteiger charge is -2.24. The van der Waals surface area contributed by atoms with Gasteiger partial charge in [0.25, 0.3) is 0 Å². The van der Waals surface area contributed by atoms with Crippen LogP contribution in [-0.2, 0) is 4.74 Å². The fraction of sp³-hybridized carbons (Fsp3) is 0.636. The third-order valence-electron chi connectivity index (χ3n) is 2.68. The molecule has 1 unspecified atom stereocenters. The number of methoxy groups -OCH3 is 1. The van der Waals surface area contributed by atoms with E-state index in [1.165, 1.54) is 30.4 Å². The molecule has 0 saturated heterocycles. The Morgan fingerprint density at radius 2 is 2.42 bits per heavy atom. The van der Waals surface area contributed by atoms with E-state index in [2.05, 4.69) is 13.5 Å². The van der Waals surface area contributed by atoms with E-state index in [9.17, 15) is 0 Å². The first-order valence-corrected chi connectivity index (χ1v) is 4.61. The van der Waals surface area contributed by atoms with Crippen molar-refractivity contribution < 1.29 is 4.74 Å². The van der Waals surface area contributed by atoms with Gasteiger partial charge in [-0.05, 0) is 32.6 Å². The second-order valence-electron chi connectivity index (χ2n) is 3.44. The van der Waals surface area contributed by atoms with E-state index >= 15 is 0 Å². The third kappa shape index (κ3) is 2.21. The summed E-state index contributed by atoms with van der Waals surface area (Å²) in [7, 11) is 1.80. The van der Waals surface area contributed by atoms with Crippen LogP contribution in [0.3, 0.4) is 0 Å². The van der Waals surface area contributed by atoms with Gasteiger partial charge in [-0.15, -0.1) is 0 Å². The lowest BCUT2D eigenvalue weighted by molar-refractivity contribution is 0.0846. The predicted octanol–water partition coefficient (Wildman–Crippen LogP) is 3.08. The smallest absolute Gasteiger partial charge is 0.0608 e. The van der Waals surface area contributed by atoms with E-state index in [0.717, 1.165) is 6.42 Å². The first kappa shape index (κ1) is 9.53. The molecule has 1 heteroatoms. The standard InChI is InChI=1S/C11H18O/c1-4-9(2)10-6-5-7-11(8-10)12-3/h4,11H,1,5-8H2,2-3H3/b10-9-. The Bertz CT molecular complexity index is 191. The minimum Gasteiger partial charge on any atom is -0.381 e. The minimum atomic E-state index is 0.448. The van der Waals surface area contributed by atoms with Crippen LogP contribution in [0.1, 0.15) is 32.6 Å². The average Bonchev–Trinajstić information content (AvgIpc) is 2.17. The number of allylic oxidation sites excluding steroid dienone is 2. The molecule has 1 rings (SSSR count). The Balaban J connectivity index is 2.62. The van der Waals surface area contributed by atoms with Gasteiger partial charge >= 0.3 is 0 Å². The van der Waals surface area contributed by atoms with Crippen molar-refractivity contribution in [2.75, 3.05) is 7.11 Å². The molecule has 0 N–H and O–H groups in total. The summed E-state index contributed by atoms with van der Waals surface area (Å²) < 4.78 is 5.35. The fourth-order valence-corrected chi connectivity index (χ4v) is 1.73. The molecule has 0 spiro atoms. The van der Waals surface area contributed by atoms with Crippen LogP contribution in [0.5, 0.6) is 0 Å². The zero-order valence-corrected chi connectivity index (χ0v) is 8.10. The first-order valence-electron chi connectivity index (χ1n) is 4.61. The maximum Gasteiger partial charge on any atom is 0.0608 e. The summed E-state index contributed by atoms with van der Waals surface area (Å²) in [6.07, 6.45) is 7.21. The number of ether oxygens (including phenoxy) is 1.